The number of likely N-dealkylation sites (tertiary alicyclic amines) is 1. The van der Waals surface area contributed by atoms with Crippen LogP contribution >= 0.6 is 0 Å². The summed E-state index contributed by atoms with van der Waals surface area (Å²) in [6.45, 7) is 4.34. The minimum atomic E-state index is 0.286. The Hall–Kier alpha value is -2.53. The average molecular weight is 396 g/mol. The molecular weight excluding hydrogens is 362 g/mol. The highest BCUT2D eigenvalue weighted by Crippen LogP contribution is 2.18. The Labute approximate surface area is 174 Å². The van der Waals surface area contributed by atoms with Crippen LogP contribution in [-0.4, -0.2) is 50.3 Å². The molecule has 3 rings (SSSR count). The molecule has 0 radical (unpaired) electrons. The first kappa shape index (κ1) is 21.2. The van der Waals surface area contributed by atoms with Crippen LogP contribution in [0.3, 0.4) is 0 Å². The van der Waals surface area contributed by atoms with Crippen LogP contribution < -0.4 is 10.1 Å². The summed E-state index contributed by atoms with van der Waals surface area (Å²) in [6, 6.07) is 20.4. The molecule has 0 spiro atoms. The van der Waals surface area contributed by atoms with Crippen molar-refractivity contribution in [3.05, 3.63) is 66.2 Å². The summed E-state index contributed by atoms with van der Waals surface area (Å²) < 4.78 is 11.8. The molecule has 2 aromatic carbocycles. The molecule has 1 heterocycles. The fourth-order valence-corrected chi connectivity index (χ4v) is 3.50. The predicted octanol–water partition coefficient (Wildman–Crippen LogP) is 4.10. The molecule has 5 heteroatoms. The van der Waals surface area contributed by atoms with E-state index in [9.17, 15) is 0 Å². The molecule has 1 aliphatic heterocycles. The normalized spacial score (nSPS) is 15.3. The van der Waals surface area contributed by atoms with Gasteiger partial charge < -0.3 is 19.7 Å². The number of hydrogen-bond donors (Lipinski definition) is 1. The lowest BCUT2D eigenvalue weighted by Gasteiger charge is -2.34. The molecule has 1 fully saturated rings. The van der Waals surface area contributed by atoms with Gasteiger partial charge >= 0.3 is 0 Å². The number of benzene rings is 2. The Morgan fingerprint density at radius 3 is 2.38 bits per heavy atom. The fourth-order valence-electron chi connectivity index (χ4n) is 3.50. The summed E-state index contributed by atoms with van der Waals surface area (Å²) in [6.07, 6.45) is 4.44. The molecular formula is C24H33N3O2. The quantitative estimate of drug-likeness (QED) is 0.394. The molecule has 156 valence electrons. The van der Waals surface area contributed by atoms with Crippen LogP contribution in [0.25, 0.3) is 0 Å². The number of nitrogens with zero attached hydrogens (tertiary/aromatic N) is 2. The van der Waals surface area contributed by atoms with Gasteiger partial charge in [0.25, 0.3) is 0 Å². The zero-order chi connectivity index (χ0) is 20.2. The molecule has 5 nitrogen and oxygen atoms in total. The maximum Gasteiger partial charge on any atom is 0.193 e. The third-order valence-corrected chi connectivity index (χ3v) is 5.11. The second-order valence-corrected chi connectivity index (χ2v) is 7.34. The summed E-state index contributed by atoms with van der Waals surface area (Å²) in [7, 11) is 1.86. The van der Waals surface area contributed by atoms with Crippen LogP contribution in [0.4, 0.5) is 0 Å². The van der Waals surface area contributed by atoms with Gasteiger partial charge in [0.2, 0.25) is 0 Å². The lowest BCUT2D eigenvalue weighted by atomic mass is 10.1. The van der Waals surface area contributed by atoms with E-state index in [0.717, 1.165) is 63.6 Å². The van der Waals surface area contributed by atoms with Crippen molar-refractivity contribution in [3.8, 4) is 5.75 Å². The van der Waals surface area contributed by atoms with Crippen LogP contribution in [0, 0.1) is 0 Å². The Kier molecular flexibility index (Phi) is 8.86. The van der Waals surface area contributed by atoms with E-state index < -0.39 is 0 Å². The largest absolute Gasteiger partial charge is 0.490 e. The molecule has 2 aromatic rings. The fraction of sp³-hybridized carbons (Fsp3) is 0.458. The van der Waals surface area contributed by atoms with Crippen LogP contribution in [0.1, 0.15) is 31.2 Å². The van der Waals surface area contributed by atoms with Crippen molar-refractivity contribution >= 4 is 5.96 Å². The number of rotatable bonds is 9. The highest BCUT2D eigenvalue weighted by molar-refractivity contribution is 5.79. The van der Waals surface area contributed by atoms with Gasteiger partial charge in [0.05, 0.1) is 6.61 Å². The zero-order valence-electron chi connectivity index (χ0n) is 17.4. The van der Waals surface area contributed by atoms with Crippen molar-refractivity contribution in [1.29, 1.82) is 0 Å². The maximum absolute atomic E-state index is 6.08. The van der Waals surface area contributed by atoms with Gasteiger partial charge in [-0.15, -0.1) is 0 Å². The van der Waals surface area contributed by atoms with E-state index in [1.807, 2.05) is 55.6 Å². The SMILES string of the molecule is CN=C(NCCCCOCc1ccccc1)N1CCC(Oc2ccccc2)CC1. The maximum atomic E-state index is 6.08. The van der Waals surface area contributed by atoms with Crippen LogP contribution in [-0.2, 0) is 11.3 Å². The first-order chi connectivity index (χ1) is 14.3. The third kappa shape index (κ3) is 7.42. The minimum absolute atomic E-state index is 0.286. The van der Waals surface area contributed by atoms with Crippen molar-refractivity contribution in [2.45, 2.75) is 38.4 Å². The van der Waals surface area contributed by atoms with Crippen molar-refractivity contribution in [2.75, 3.05) is 33.3 Å². The van der Waals surface area contributed by atoms with Gasteiger partial charge in [-0.25, -0.2) is 0 Å². The first-order valence-corrected chi connectivity index (χ1v) is 10.6. The van der Waals surface area contributed by atoms with E-state index in [1.54, 1.807) is 0 Å². The number of unbranched alkanes of at least 4 members (excludes halogenated alkanes) is 1. The van der Waals surface area contributed by atoms with Crippen LogP contribution in [0.5, 0.6) is 5.75 Å². The van der Waals surface area contributed by atoms with Gasteiger partial charge in [-0.2, -0.15) is 0 Å². The lowest BCUT2D eigenvalue weighted by molar-refractivity contribution is 0.117. The molecule has 0 bridgehead atoms. The number of guanidine groups is 1. The number of aliphatic imine (C=N–C) groups is 1. The molecule has 29 heavy (non-hydrogen) atoms. The van der Waals surface area contributed by atoms with Gasteiger partial charge in [0.1, 0.15) is 11.9 Å². The molecule has 0 amide bonds. The van der Waals surface area contributed by atoms with Gasteiger partial charge in [0.15, 0.2) is 5.96 Å². The van der Waals surface area contributed by atoms with E-state index in [-0.39, 0.29) is 6.10 Å². The number of nitrogens with one attached hydrogen (secondary N) is 1. The number of ether oxygens (including phenoxy) is 2. The smallest absolute Gasteiger partial charge is 0.193 e. The van der Waals surface area contributed by atoms with Gasteiger partial charge in [-0.3, -0.25) is 4.99 Å². The molecule has 0 saturated carbocycles. The van der Waals surface area contributed by atoms with E-state index in [2.05, 4.69) is 27.3 Å². The standard InChI is InChI=1S/C24H33N3O2/c1-25-24(26-16-8-9-19-28-20-21-10-4-2-5-11-21)27-17-14-23(15-18-27)29-22-12-6-3-7-13-22/h2-7,10-13,23H,8-9,14-20H2,1H3,(H,25,26). The van der Waals surface area contributed by atoms with Gasteiger partial charge in [-0.05, 0) is 30.5 Å². The summed E-state index contributed by atoms with van der Waals surface area (Å²) in [5.74, 6) is 1.95. The van der Waals surface area contributed by atoms with Crippen molar-refractivity contribution in [3.63, 3.8) is 0 Å². The highest BCUT2D eigenvalue weighted by atomic mass is 16.5. The molecule has 1 saturated heterocycles. The van der Waals surface area contributed by atoms with E-state index >= 15 is 0 Å². The summed E-state index contributed by atoms with van der Waals surface area (Å²) in [4.78, 5) is 6.78. The van der Waals surface area contributed by atoms with E-state index in [4.69, 9.17) is 9.47 Å². The Bertz CT molecular complexity index is 713. The molecule has 1 N–H and O–H groups in total. The zero-order valence-corrected chi connectivity index (χ0v) is 17.4. The van der Waals surface area contributed by atoms with Gasteiger partial charge in [-0.1, -0.05) is 48.5 Å². The Balaban J connectivity index is 1.27. The Morgan fingerprint density at radius 2 is 1.69 bits per heavy atom. The molecule has 0 unspecified atom stereocenters. The Morgan fingerprint density at radius 1 is 1.00 bits per heavy atom. The third-order valence-electron chi connectivity index (χ3n) is 5.11. The predicted molar refractivity (Wildman–Crippen MR) is 118 cm³/mol. The van der Waals surface area contributed by atoms with Crippen LogP contribution in [0.2, 0.25) is 0 Å². The average Bonchev–Trinajstić information content (AvgIpc) is 2.78. The number of para-hydroxylation sites is 1. The van der Waals surface area contributed by atoms with E-state index in [0.29, 0.717) is 6.61 Å². The summed E-state index contributed by atoms with van der Waals surface area (Å²) in [5.41, 5.74) is 1.23. The second-order valence-electron chi connectivity index (χ2n) is 7.34. The van der Waals surface area contributed by atoms with Crippen molar-refractivity contribution < 1.29 is 9.47 Å². The van der Waals surface area contributed by atoms with Crippen molar-refractivity contribution in [2.24, 2.45) is 4.99 Å². The molecule has 0 aliphatic carbocycles. The summed E-state index contributed by atoms with van der Waals surface area (Å²) >= 11 is 0. The minimum Gasteiger partial charge on any atom is -0.490 e. The second kappa shape index (κ2) is 12.1. The van der Waals surface area contributed by atoms with Gasteiger partial charge in [0, 0.05) is 46.1 Å². The van der Waals surface area contributed by atoms with Crippen molar-refractivity contribution in [1.82, 2.24) is 10.2 Å². The number of piperidine rings is 1. The topological polar surface area (TPSA) is 46.1 Å². The first-order valence-electron chi connectivity index (χ1n) is 10.6. The highest BCUT2D eigenvalue weighted by Gasteiger charge is 2.22. The molecule has 0 aromatic heterocycles. The molecule has 0 atom stereocenters. The summed E-state index contributed by atoms with van der Waals surface area (Å²) in [5, 5.41) is 3.49. The monoisotopic (exact) mass is 395 g/mol. The van der Waals surface area contributed by atoms with Crippen LogP contribution in [0.15, 0.2) is 65.7 Å². The van der Waals surface area contributed by atoms with E-state index in [1.165, 1.54) is 5.56 Å². The molecule has 1 aliphatic rings. The number of hydrogen-bond acceptors (Lipinski definition) is 3. The lowest BCUT2D eigenvalue weighted by Crippen LogP contribution is -2.47.